The molecule has 6 nitrogen and oxygen atoms in total. The molecular formula is C22H38O6. The van der Waals surface area contributed by atoms with Gasteiger partial charge in [0.2, 0.25) is 0 Å². The molecule has 0 atom stereocenters. The fraction of sp³-hybridized carbons (Fsp3) is 0.727. The quantitative estimate of drug-likeness (QED) is 0.713. The predicted octanol–water partition coefficient (Wildman–Crippen LogP) is 3.98. The van der Waals surface area contributed by atoms with Gasteiger partial charge in [-0.3, -0.25) is 0 Å². The van der Waals surface area contributed by atoms with Crippen molar-refractivity contribution >= 4 is 0 Å². The third-order valence-electron chi connectivity index (χ3n) is 4.04. The van der Waals surface area contributed by atoms with Gasteiger partial charge in [-0.15, -0.1) is 0 Å². The molecule has 1 aromatic rings. The molecule has 0 radical (unpaired) electrons. The highest BCUT2D eigenvalue weighted by atomic mass is 16.6. The molecule has 0 amide bonds. The van der Waals surface area contributed by atoms with Crippen LogP contribution in [0.5, 0.6) is 11.5 Å². The van der Waals surface area contributed by atoms with Crippen molar-refractivity contribution in [1.29, 1.82) is 0 Å². The van der Waals surface area contributed by atoms with Crippen LogP contribution >= 0.6 is 0 Å². The molecule has 0 unspecified atom stereocenters. The van der Waals surface area contributed by atoms with E-state index < -0.39 is 0 Å². The molecule has 0 saturated heterocycles. The molecular weight excluding hydrogens is 360 g/mol. The number of fused-ring (bicyclic) bond motifs is 1. The van der Waals surface area contributed by atoms with Gasteiger partial charge in [0.05, 0.1) is 52.9 Å². The first kappa shape index (κ1) is 24.7. The molecule has 0 fully saturated rings. The molecule has 6 heteroatoms. The molecule has 0 saturated carbocycles. The van der Waals surface area contributed by atoms with Crippen LogP contribution in [-0.2, 0) is 18.9 Å². The number of rotatable bonds is 1. The molecule has 0 bridgehead atoms. The minimum atomic E-state index is 0.425. The monoisotopic (exact) mass is 398 g/mol. The Hall–Kier alpha value is -1.34. The lowest BCUT2D eigenvalue weighted by molar-refractivity contribution is -0.00842. The van der Waals surface area contributed by atoms with E-state index in [9.17, 15) is 0 Å². The standard InChI is InChI=1S/C20H32O6.C2H6/c1-16(2)18-15-20-19(14-17(18)3)25-12-10-23-8-6-21-4-5-22-7-9-24-11-13-26-20;1-2/h14-16H,4-13H2,1-3H3;1-2H3. The largest absolute Gasteiger partial charge is 0.487 e. The third kappa shape index (κ3) is 9.73. The van der Waals surface area contributed by atoms with Crippen LogP contribution in [0, 0.1) is 6.92 Å². The van der Waals surface area contributed by atoms with Crippen LogP contribution in [0.3, 0.4) is 0 Å². The number of benzene rings is 1. The Labute approximate surface area is 170 Å². The molecule has 1 aliphatic rings. The maximum Gasteiger partial charge on any atom is 0.161 e. The summed E-state index contributed by atoms with van der Waals surface area (Å²) in [6.45, 7) is 15.7. The van der Waals surface area contributed by atoms with Gasteiger partial charge in [0.15, 0.2) is 11.5 Å². The zero-order valence-corrected chi connectivity index (χ0v) is 18.3. The first-order valence-corrected chi connectivity index (χ1v) is 10.4. The minimum Gasteiger partial charge on any atom is -0.487 e. The summed E-state index contributed by atoms with van der Waals surface area (Å²) in [5, 5.41) is 0. The van der Waals surface area contributed by atoms with Crippen molar-refractivity contribution in [2.45, 2.75) is 40.5 Å². The van der Waals surface area contributed by atoms with Crippen LogP contribution in [0.15, 0.2) is 12.1 Å². The van der Waals surface area contributed by atoms with Crippen molar-refractivity contribution < 1.29 is 28.4 Å². The molecule has 1 aromatic carbocycles. The normalized spacial score (nSPS) is 17.8. The van der Waals surface area contributed by atoms with Gasteiger partial charge in [0, 0.05) is 0 Å². The van der Waals surface area contributed by atoms with E-state index in [0.717, 1.165) is 11.5 Å². The number of hydrogen-bond donors (Lipinski definition) is 0. The SMILES string of the molecule is CC.Cc1cc2c(cc1C(C)C)OCCOCCOCCOCCOCCO2. The molecule has 2 rings (SSSR count). The van der Waals surface area contributed by atoms with E-state index in [1.165, 1.54) is 11.1 Å². The Morgan fingerprint density at radius 1 is 0.607 bits per heavy atom. The molecule has 28 heavy (non-hydrogen) atoms. The van der Waals surface area contributed by atoms with Crippen molar-refractivity contribution in [3.05, 3.63) is 23.3 Å². The van der Waals surface area contributed by atoms with Gasteiger partial charge in [-0.2, -0.15) is 0 Å². The Kier molecular flexibility index (Phi) is 13.7. The Bertz CT molecular complexity index is 518. The van der Waals surface area contributed by atoms with Gasteiger partial charge >= 0.3 is 0 Å². The van der Waals surface area contributed by atoms with Crippen LogP contribution in [0.25, 0.3) is 0 Å². The fourth-order valence-electron chi connectivity index (χ4n) is 2.71. The van der Waals surface area contributed by atoms with Crippen LogP contribution in [0.4, 0.5) is 0 Å². The van der Waals surface area contributed by atoms with Crippen molar-refractivity contribution in [3.63, 3.8) is 0 Å². The second kappa shape index (κ2) is 15.6. The lowest BCUT2D eigenvalue weighted by Crippen LogP contribution is -2.16. The lowest BCUT2D eigenvalue weighted by Gasteiger charge is -2.18. The molecule has 162 valence electrons. The third-order valence-corrected chi connectivity index (χ3v) is 4.04. The van der Waals surface area contributed by atoms with E-state index in [2.05, 4.69) is 26.8 Å². The average Bonchev–Trinajstić information content (AvgIpc) is 2.69. The summed E-state index contributed by atoms with van der Waals surface area (Å²) in [7, 11) is 0. The molecule has 0 N–H and O–H groups in total. The number of ether oxygens (including phenoxy) is 6. The maximum absolute atomic E-state index is 5.93. The summed E-state index contributed by atoms with van der Waals surface area (Å²) in [4.78, 5) is 0. The van der Waals surface area contributed by atoms with E-state index in [1.54, 1.807) is 0 Å². The summed E-state index contributed by atoms with van der Waals surface area (Å²) >= 11 is 0. The van der Waals surface area contributed by atoms with Gasteiger partial charge in [-0.25, -0.2) is 0 Å². The minimum absolute atomic E-state index is 0.425. The van der Waals surface area contributed by atoms with E-state index in [1.807, 2.05) is 19.9 Å². The van der Waals surface area contributed by atoms with Crippen LogP contribution in [0.2, 0.25) is 0 Å². The van der Waals surface area contributed by atoms with E-state index in [0.29, 0.717) is 72.0 Å². The Morgan fingerprint density at radius 3 is 1.36 bits per heavy atom. The highest BCUT2D eigenvalue weighted by Gasteiger charge is 2.12. The summed E-state index contributed by atoms with van der Waals surface area (Å²) in [6.07, 6.45) is 0. The van der Waals surface area contributed by atoms with Gasteiger partial charge in [0.25, 0.3) is 0 Å². The highest BCUT2D eigenvalue weighted by molar-refractivity contribution is 5.48. The number of hydrogen-bond acceptors (Lipinski definition) is 6. The zero-order valence-electron chi connectivity index (χ0n) is 18.3. The topological polar surface area (TPSA) is 55.4 Å². The van der Waals surface area contributed by atoms with Crippen molar-refractivity contribution in [2.24, 2.45) is 0 Å². The molecule has 0 aromatic heterocycles. The highest BCUT2D eigenvalue weighted by Crippen LogP contribution is 2.34. The van der Waals surface area contributed by atoms with Crippen molar-refractivity contribution in [2.75, 3.05) is 66.1 Å². The smallest absolute Gasteiger partial charge is 0.161 e. The first-order valence-electron chi connectivity index (χ1n) is 10.4. The first-order chi connectivity index (χ1) is 13.7. The summed E-state index contributed by atoms with van der Waals surface area (Å²) < 4.78 is 33.8. The lowest BCUT2D eigenvalue weighted by atomic mass is 9.97. The molecule has 0 aliphatic carbocycles. The van der Waals surface area contributed by atoms with Gasteiger partial charge < -0.3 is 28.4 Å². The van der Waals surface area contributed by atoms with E-state index >= 15 is 0 Å². The second-order valence-electron chi connectivity index (χ2n) is 6.46. The zero-order chi connectivity index (χ0) is 20.6. The van der Waals surface area contributed by atoms with Crippen LogP contribution in [0.1, 0.15) is 44.7 Å². The molecule has 0 spiro atoms. The average molecular weight is 399 g/mol. The second-order valence-corrected chi connectivity index (χ2v) is 6.46. The van der Waals surface area contributed by atoms with Gasteiger partial charge in [-0.1, -0.05) is 27.7 Å². The summed E-state index contributed by atoms with van der Waals surface area (Å²) in [5.74, 6) is 1.92. The summed E-state index contributed by atoms with van der Waals surface area (Å²) in [6, 6.07) is 4.12. The fourth-order valence-corrected chi connectivity index (χ4v) is 2.71. The van der Waals surface area contributed by atoms with Crippen LogP contribution in [-0.4, -0.2) is 66.1 Å². The Balaban J connectivity index is 0.00000190. The van der Waals surface area contributed by atoms with E-state index in [4.69, 9.17) is 28.4 Å². The van der Waals surface area contributed by atoms with Gasteiger partial charge in [0.1, 0.15) is 13.2 Å². The van der Waals surface area contributed by atoms with Crippen molar-refractivity contribution in [3.8, 4) is 11.5 Å². The molecule has 1 aliphatic heterocycles. The summed E-state index contributed by atoms with van der Waals surface area (Å²) in [5.41, 5.74) is 2.46. The van der Waals surface area contributed by atoms with E-state index in [-0.39, 0.29) is 0 Å². The number of aryl methyl sites for hydroxylation is 1. The Morgan fingerprint density at radius 2 is 0.964 bits per heavy atom. The van der Waals surface area contributed by atoms with Gasteiger partial charge in [-0.05, 0) is 36.1 Å². The molecule has 1 heterocycles. The van der Waals surface area contributed by atoms with Crippen LogP contribution < -0.4 is 9.47 Å². The predicted molar refractivity (Wildman–Crippen MR) is 111 cm³/mol. The van der Waals surface area contributed by atoms with Crippen molar-refractivity contribution in [1.82, 2.24) is 0 Å². The maximum atomic E-state index is 5.93.